The maximum atomic E-state index is 5.05. The predicted octanol–water partition coefficient (Wildman–Crippen LogP) is 2.56. The van der Waals surface area contributed by atoms with Gasteiger partial charge >= 0.3 is 5.78 Å². The first-order valence-electron chi connectivity index (χ1n) is 3.85. The van der Waals surface area contributed by atoms with Gasteiger partial charge in [0.2, 0.25) is 0 Å². The molecule has 0 heterocycles. The number of allylic oxidation sites excluding steroid dienone is 6. The minimum absolute atomic E-state index is 0.408. The average Bonchev–Trinajstić information content (AvgIpc) is 2.05. The smallest absolute Gasteiger partial charge is 0.258 e. The summed E-state index contributed by atoms with van der Waals surface area (Å²) in [5.74, 6) is 0.898. The fourth-order valence-electron chi connectivity index (χ4n) is 0.980. The van der Waals surface area contributed by atoms with E-state index in [0.29, 0.717) is 4.83 Å². The fraction of sp³-hybridized carbons (Fsp3) is 0.300. The number of hydrogen-bond acceptors (Lipinski definition) is 0. The maximum absolute atomic E-state index is 5.05. The fourth-order valence-corrected chi connectivity index (χ4v) is 1.29. The lowest BCUT2D eigenvalue weighted by molar-refractivity contribution is -0.417. The SMILES string of the molecule is C[O+]=C1C=CC(=CC(C)Br)C=C1. The Balaban J connectivity index is 2.73. The van der Waals surface area contributed by atoms with Crippen molar-refractivity contribution in [3.63, 3.8) is 0 Å². The molecule has 1 aliphatic rings. The first-order chi connectivity index (χ1) is 5.72. The van der Waals surface area contributed by atoms with Crippen LogP contribution in [0.25, 0.3) is 0 Å². The summed E-state index contributed by atoms with van der Waals surface area (Å²) >= 11 is 3.46. The monoisotopic (exact) mass is 227 g/mol. The van der Waals surface area contributed by atoms with Crippen molar-refractivity contribution in [3.8, 4) is 0 Å². The van der Waals surface area contributed by atoms with Crippen LogP contribution in [-0.2, 0) is 4.42 Å². The van der Waals surface area contributed by atoms with E-state index >= 15 is 0 Å². The van der Waals surface area contributed by atoms with Crippen molar-refractivity contribution in [1.29, 1.82) is 0 Å². The highest BCUT2D eigenvalue weighted by molar-refractivity contribution is 9.09. The Hall–Kier alpha value is -0.630. The van der Waals surface area contributed by atoms with Crippen LogP contribution >= 0.6 is 15.9 Å². The number of ketones is 1. The molecule has 1 nitrogen and oxygen atoms in total. The van der Waals surface area contributed by atoms with Crippen LogP contribution in [0.3, 0.4) is 0 Å². The van der Waals surface area contributed by atoms with Crippen molar-refractivity contribution in [2.45, 2.75) is 11.8 Å². The van der Waals surface area contributed by atoms with Gasteiger partial charge in [-0.3, -0.25) is 4.42 Å². The van der Waals surface area contributed by atoms with Gasteiger partial charge in [-0.2, -0.15) is 0 Å². The topological polar surface area (TPSA) is 11.3 Å². The van der Waals surface area contributed by atoms with Crippen LogP contribution in [0.1, 0.15) is 6.92 Å². The van der Waals surface area contributed by atoms with E-state index in [0.717, 1.165) is 5.78 Å². The number of halogens is 1. The van der Waals surface area contributed by atoms with Gasteiger partial charge in [0.15, 0.2) is 0 Å². The molecular formula is C10H12BrO+. The summed E-state index contributed by atoms with van der Waals surface area (Å²) in [6.07, 6.45) is 10.1. The predicted molar refractivity (Wildman–Crippen MR) is 55.7 cm³/mol. The molecule has 12 heavy (non-hydrogen) atoms. The molecule has 0 amide bonds. The van der Waals surface area contributed by atoms with Gasteiger partial charge in [-0.15, -0.1) is 0 Å². The van der Waals surface area contributed by atoms with Gasteiger partial charge in [0, 0.05) is 17.0 Å². The minimum atomic E-state index is 0.408. The standard InChI is InChI=1S/C10H12BrO/c1-8(11)7-9-3-5-10(12-2)6-4-9/h3-8H,1-2H3/q+1. The summed E-state index contributed by atoms with van der Waals surface area (Å²) in [5, 5.41) is 0. The Morgan fingerprint density at radius 3 is 2.33 bits per heavy atom. The Labute approximate surface area is 81.3 Å². The molecule has 0 bridgehead atoms. The third-order valence-electron chi connectivity index (χ3n) is 1.54. The zero-order valence-electron chi connectivity index (χ0n) is 7.25. The molecule has 1 aliphatic carbocycles. The van der Waals surface area contributed by atoms with Gasteiger partial charge in [0.1, 0.15) is 0 Å². The molecule has 0 fully saturated rings. The summed E-state index contributed by atoms with van der Waals surface area (Å²) in [6, 6.07) is 0. The van der Waals surface area contributed by atoms with Gasteiger partial charge in [-0.25, -0.2) is 0 Å². The van der Waals surface area contributed by atoms with Crippen LogP contribution in [0.4, 0.5) is 0 Å². The normalized spacial score (nSPS) is 17.9. The highest BCUT2D eigenvalue weighted by Gasteiger charge is 2.05. The van der Waals surface area contributed by atoms with E-state index in [-0.39, 0.29) is 0 Å². The summed E-state index contributed by atoms with van der Waals surface area (Å²) < 4.78 is 5.05. The Morgan fingerprint density at radius 2 is 1.92 bits per heavy atom. The second kappa shape index (κ2) is 4.41. The van der Waals surface area contributed by atoms with Crippen molar-refractivity contribution in [2.24, 2.45) is 0 Å². The Morgan fingerprint density at radius 1 is 1.33 bits per heavy atom. The van der Waals surface area contributed by atoms with E-state index in [2.05, 4.69) is 28.9 Å². The van der Waals surface area contributed by atoms with Crippen molar-refractivity contribution in [2.75, 3.05) is 7.11 Å². The summed E-state index contributed by atoms with van der Waals surface area (Å²) in [7, 11) is 1.67. The lowest BCUT2D eigenvalue weighted by atomic mass is 10.1. The van der Waals surface area contributed by atoms with Crippen LogP contribution in [0.5, 0.6) is 0 Å². The number of rotatable bonds is 1. The van der Waals surface area contributed by atoms with Crippen LogP contribution in [-0.4, -0.2) is 17.7 Å². The van der Waals surface area contributed by atoms with Crippen LogP contribution in [0.15, 0.2) is 36.0 Å². The minimum Gasteiger partial charge on any atom is -0.258 e. The summed E-state index contributed by atoms with van der Waals surface area (Å²) in [5.41, 5.74) is 1.21. The molecular weight excluding hydrogens is 216 g/mol. The van der Waals surface area contributed by atoms with Crippen LogP contribution < -0.4 is 0 Å². The molecule has 64 valence electrons. The highest BCUT2D eigenvalue weighted by atomic mass is 79.9. The number of alkyl halides is 1. The van der Waals surface area contributed by atoms with Crippen LogP contribution in [0, 0.1) is 0 Å². The molecule has 1 unspecified atom stereocenters. The third kappa shape index (κ3) is 2.78. The molecule has 0 aromatic carbocycles. The Bertz CT molecular complexity index is 252. The molecule has 0 aromatic rings. The van der Waals surface area contributed by atoms with Crippen molar-refractivity contribution in [3.05, 3.63) is 36.0 Å². The third-order valence-corrected chi connectivity index (χ3v) is 1.80. The van der Waals surface area contributed by atoms with Crippen molar-refractivity contribution >= 4 is 21.7 Å². The van der Waals surface area contributed by atoms with E-state index in [4.69, 9.17) is 4.42 Å². The summed E-state index contributed by atoms with van der Waals surface area (Å²) in [6.45, 7) is 2.09. The Kier molecular flexibility index (Phi) is 3.48. The maximum Gasteiger partial charge on any atom is 0.343 e. The molecule has 0 spiro atoms. The van der Waals surface area contributed by atoms with Crippen molar-refractivity contribution < 1.29 is 4.42 Å². The first-order valence-corrected chi connectivity index (χ1v) is 4.77. The van der Waals surface area contributed by atoms with Crippen LogP contribution in [0.2, 0.25) is 0 Å². The quantitative estimate of drug-likeness (QED) is 0.482. The van der Waals surface area contributed by atoms with Gasteiger partial charge in [0.25, 0.3) is 7.11 Å². The highest BCUT2D eigenvalue weighted by Crippen LogP contribution is 2.10. The first kappa shape index (κ1) is 9.46. The van der Waals surface area contributed by atoms with E-state index < -0.39 is 0 Å². The molecule has 0 saturated heterocycles. The lowest BCUT2D eigenvalue weighted by Crippen LogP contribution is -1.96. The number of hydrogen-bond donors (Lipinski definition) is 0. The molecule has 0 radical (unpaired) electrons. The molecule has 0 saturated carbocycles. The number of carbonyl (C=O) groups excluding carboxylic acids is 1. The van der Waals surface area contributed by atoms with E-state index in [9.17, 15) is 0 Å². The zero-order valence-corrected chi connectivity index (χ0v) is 8.84. The lowest BCUT2D eigenvalue weighted by Gasteiger charge is -1.98. The van der Waals surface area contributed by atoms with E-state index in [1.807, 2.05) is 24.3 Å². The van der Waals surface area contributed by atoms with E-state index in [1.165, 1.54) is 5.57 Å². The molecule has 2 heteroatoms. The summed E-state index contributed by atoms with van der Waals surface area (Å²) in [4.78, 5) is 0.408. The zero-order chi connectivity index (χ0) is 8.97. The molecule has 0 aliphatic heterocycles. The molecule has 0 aromatic heterocycles. The molecule has 0 N–H and O–H groups in total. The van der Waals surface area contributed by atoms with Gasteiger partial charge in [0.05, 0.1) is 0 Å². The second-order valence-corrected chi connectivity index (χ2v) is 4.06. The van der Waals surface area contributed by atoms with Crippen molar-refractivity contribution in [1.82, 2.24) is 0 Å². The van der Waals surface area contributed by atoms with Gasteiger partial charge < -0.3 is 0 Å². The molecule has 1 atom stereocenters. The van der Waals surface area contributed by atoms with Gasteiger partial charge in [-0.1, -0.05) is 22.0 Å². The average molecular weight is 228 g/mol. The van der Waals surface area contributed by atoms with Gasteiger partial charge in [-0.05, 0) is 24.6 Å². The second-order valence-electron chi connectivity index (χ2n) is 2.62. The largest absolute Gasteiger partial charge is 0.343 e. The van der Waals surface area contributed by atoms with E-state index in [1.54, 1.807) is 7.11 Å². The molecule has 1 rings (SSSR count).